The lowest BCUT2D eigenvalue weighted by molar-refractivity contribution is 0.505. The van der Waals surface area contributed by atoms with Crippen LogP contribution in [0.1, 0.15) is 18.9 Å². The highest BCUT2D eigenvalue weighted by Crippen LogP contribution is 2.09. The summed E-state index contributed by atoms with van der Waals surface area (Å²) >= 11 is 0. The molecule has 0 aliphatic rings. The molecule has 0 amide bonds. The molecule has 0 aliphatic heterocycles. The van der Waals surface area contributed by atoms with Gasteiger partial charge in [0.15, 0.2) is 0 Å². The number of nitrogens with one attached hydrogen (secondary N) is 1. The first-order chi connectivity index (χ1) is 6.77. The van der Waals surface area contributed by atoms with Crippen LogP contribution in [-0.2, 0) is 6.54 Å². The van der Waals surface area contributed by atoms with Gasteiger partial charge >= 0.3 is 0 Å². The molecule has 1 aromatic carbocycles. The van der Waals surface area contributed by atoms with Gasteiger partial charge in [-0.3, -0.25) is 5.41 Å². The zero-order chi connectivity index (χ0) is 10.4. The Morgan fingerprint density at radius 1 is 1.43 bits per heavy atom. The predicted octanol–water partition coefficient (Wildman–Crippen LogP) is 3.02. The van der Waals surface area contributed by atoms with Crippen LogP contribution < -0.4 is 0 Å². The molecule has 0 heterocycles. The van der Waals surface area contributed by atoms with Crippen LogP contribution in [0.5, 0.6) is 0 Å². The summed E-state index contributed by atoms with van der Waals surface area (Å²) in [6, 6.07) is 10.1. The zero-order valence-corrected chi connectivity index (χ0v) is 8.53. The van der Waals surface area contributed by atoms with Gasteiger partial charge in [-0.1, -0.05) is 43.8 Å². The van der Waals surface area contributed by atoms with E-state index >= 15 is 0 Å². The second-order valence-corrected chi connectivity index (χ2v) is 3.16. The minimum Gasteiger partial charge on any atom is -0.333 e. The first-order valence-corrected chi connectivity index (χ1v) is 4.77. The normalized spacial score (nSPS) is 9.50. The Hall–Kier alpha value is -1.57. The van der Waals surface area contributed by atoms with E-state index in [1.165, 1.54) is 11.9 Å². The molecule has 1 aromatic rings. The summed E-state index contributed by atoms with van der Waals surface area (Å²) in [7, 11) is 0. The molecule has 0 spiro atoms. The van der Waals surface area contributed by atoms with E-state index < -0.39 is 0 Å². The third-order valence-corrected chi connectivity index (χ3v) is 2.17. The van der Waals surface area contributed by atoms with Gasteiger partial charge < -0.3 is 4.90 Å². The third-order valence-electron chi connectivity index (χ3n) is 2.17. The molecule has 0 atom stereocenters. The number of nitrogens with zero attached hydrogens (tertiary/aromatic N) is 1. The lowest BCUT2D eigenvalue weighted by Crippen LogP contribution is -2.19. The van der Waals surface area contributed by atoms with Crippen LogP contribution in [0.4, 0.5) is 0 Å². The SMILES string of the molecule is C=C(CC)N(C=N)Cc1ccccc1. The van der Waals surface area contributed by atoms with Crippen LogP contribution in [-0.4, -0.2) is 11.2 Å². The van der Waals surface area contributed by atoms with Crippen LogP contribution in [0.3, 0.4) is 0 Å². The van der Waals surface area contributed by atoms with Crippen LogP contribution in [0.25, 0.3) is 0 Å². The van der Waals surface area contributed by atoms with Crippen LogP contribution in [0.2, 0.25) is 0 Å². The van der Waals surface area contributed by atoms with Gasteiger partial charge in [-0.2, -0.15) is 0 Å². The summed E-state index contributed by atoms with van der Waals surface area (Å²) < 4.78 is 0. The first-order valence-electron chi connectivity index (χ1n) is 4.77. The Balaban J connectivity index is 2.66. The minimum atomic E-state index is 0.733. The molecule has 0 bridgehead atoms. The zero-order valence-electron chi connectivity index (χ0n) is 8.53. The maximum Gasteiger partial charge on any atom is 0.0862 e. The van der Waals surface area contributed by atoms with Crippen molar-refractivity contribution in [3.63, 3.8) is 0 Å². The molecule has 2 nitrogen and oxygen atoms in total. The smallest absolute Gasteiger partial charge is 0.0862 e. The number of allylic oxidation sites excluding steroid dienone is 1. The topological polar surface area (TPSA) is 27.1 Å². The van der Waals surface area contributed by atoms with Crippen molar-refractivity contribution in [3.8, 4) is 0 Å². The Bertz CT molecular complexity index is 303. The highest BCUT2D eigenvalue weighted by molar-refractivity contribution is 5.54. The van der Waals surface area contributed by atoms with Crippen LogP contribution >= 0.6 is 0 Å². The van der Waals surface area contributed by atoms with Crippen molar-refractivity contribution in [2.24, 2.45) is 0 Å². The highest BCUT2D eigenvalue weighted by Gasteiger charge is 2.02. The summed E-state index contributed by atoms with van der Waals surface area (Å²) in [5, 5.41) is 7.28. The molecule has 2 heteroatoms. The van der Waals surface area contributed by atoms with E-state index in [-0.39, 0.29) is 0 Å². The number of hydrogen-bond donors (Lipinski definition) is 1. The molecular weight excluding hydrogens is 172 g/mol. The molecule has 0 unspecified atom stereocenters. The minimum absolute atomic E-state index is 0.733. The number of benzene rings is 1. The van der Waals surface area contributed by atoms with Gasteiger partial charge in [-0.15, -0.1) is 0 Å². The molecule has 1 N–H and O–H groups in total. The largest absolute Gasteiger partial charge is 0.333 e. The Labute approximate surface area is 85.4 Å². The molecular formula is C12H16N2. The summed E-state index contributed by atoms with van der Waals surface area (Å²) in [5.74, 6) is 0. The van der Waals surface area contributed by atoms with E-state index in [1.54, 1.807) is 0 Å². The fourth-order valence-electron chi connectivity index (χ4n) is 1.23. The van der Waals surface area contributed by atoms with Crippen molar-refractivity contribution in [3.05, 3.63) is 48.2 Å². The average Bonchev–Trinajstić information content (AvgIpc) is 2.26. The fraction of sp³-hybridized carbons (Fsp3) is 0.250. The van der Waals surface area contributed by atoms with Gasteiger partial charge in [-0.25, -0.2) is 0 Å². The van der Waals surface area contributed by atoms with E-state index in [0.717, 1.165) is 18.7 Å². The molecule has 0 aliphatic carbocycles. The monoisotopic (exact) mass is 188 g/mol. The molecule has 14 heavy (non-hydrogen) atoms. The molecule has 0 saturated heterocycles. The van der Waals surface area contributed by atoms with Gasteiger partial charge in [0.2, 0.25) is 0 Å². The van der Waals surface area contributed by atoms with E-state index in [0.29, 0.717) is 0 Å². The second kappa shape index (κ2) is 5.22. The van der Waals surface area contributed by atoms with Gasteiger partial charge in [0.25, 0.3) is 0 Å². The summed E-state index contributed by atoms with van der Waals surface area (Å²) in [5.41, 5.74) is 2.18. The van der Waals surface area contributed by atoms with Crippen LogP contribution in [0, 0.1) is 5.41 Å². The Morgan fingerprint density at radius 2 is 2.07 bits per heavy atom. The Kier molecular flexibility index (Phi) is 3.92. The summed E-state index contributed by atoms with van der Waals surface area (Å²) in [6.07, 6.45) is 2.21. The maximum absolute atomic E-state index is 7.28. The van der Waals surface area contributed by atoms with Gasteiger partial charge in [-0.05, 0) is 12.0 Å². The summed E-state index contributed by atoms with van der Waals surface area (Å²) in [6.45, 7) is 6.69. The van der Waals surface area contributed by atoms with Crippen molar-refractivity contribution in [2.75, 3.05) is 0 Å². The van der Waals surface area contributed by atoms with Crippen LogP contribution in [0.15, 0.2) is 42.6 Å². The highest BCUT2D eigenvalue weighted by atomic mass is 15.1. The first kappa shape index (κ1) is 10.5. The van der Waals surface area contributed by atoms with Crippen molar-refractivity contribution >= 4 is 6.34 Å². The van der Waals surface area contributed by atoms with Gasteiger partial charge in [0.1, 0.15) is 0 Å². The number of rotatable bonds is 5. The van der Waals surface area contributed by atoms with Gasteiger partial charge in [0, 0.05) is 12.2 Å². The van der Waals surface area contributed by atoms with Gasteiger partial charge in [0.05, 0.1) is 6.34 Å². The lowest BCUT2D eigenvalue weighted by atomic mass is 10.2. The van der Waals surface area contributed by atoms with E-state index in [2.05, 4.69) is 18.7 Å². The molecule has 0 radical (unpaired) electrons. The van der Waals surface area contributed by atoms with Crippen molar-refractivity contribution in [1.82, 2.24) is 4.90 Å². The standard InChI is InChI=1S/C12H16N2/c1-3-11(2)14(10-13)9-12-7-5-4-6-8-12/h4-8,10,13H,2-3,9H2,1H3. The van der Waals surface area contributed by atoms with Crippen molar-refractivity contribution in [1.29, 1.82) is 5.41 Å². The van der Waals surface area contributed by atoms with E-state index in [9.17, 15) is 0 Å². The Morgan fingerprint density at radius 3 is 2.57 bits per heavy atom. The van der Waals surface area contributed by atoms with E-state index in [4.69, 9.17) is 5.41 Å². The van der Waals surface area contributed by atoms with Crippen molar-refractivity contribution in [2.45, 2.75) is 19.9 Å². The molecule has 0 aromatic heterocycles. The second-order valence-electron chi connectivity index (χ2n) is 3.16. The molecule has 74 valence electrons. The average molecular weight is 188 g/mol. The lowest BCUT2D eigenvalue weighted by Gasteiger charge is -2.20. The quantitative estimate of drug-likeness (QED) is 0.558. The maximum atomic E-state index is 7.28. The molecule has 0 saturated carbocycles. The molecule has 0 fully saturated rings. The fourth-order valence-corrected chi connectivity index (χ4v) is 1.23. The predicted molar refractivity (Wildman–Crippen MR) is 60.2 cm³/mol. The molecule has 1 rings (SSSR count). The van der Waals surface area contributed by atoms with Crippen molar-refractivity contribution < 1.29 is 0 Å². The summed E-state index contributed by atoms with van der Waals surface area (Å²) in [4.78, 5) is 1.86. The number of hydrogen-bond acceptors (Lipinski definition) is 1. The van der Waals surface area contributed by atoms with E-state index in [1.807, 2.05) is 30.0 Å². The third kappa shape index (κ3) is 2.73.